The number of nitrogens with zero attached hydrogens (tertiary/aromatic N) is 4. The van der Waals surface area contributed by atoms with Crippen LogP contribution in [0.15, 0.2) is 72.8 Å². The first kappa shape index (κ1) is 26.9. The highest BCUT2D eigenvalue weighted by Gasteiger charge is 2.54. The summed E-state index contributed by atoms with van der Waals surface area (Å²) in [5.74, 6) is 0.888. The molecule has 8 heteroatoms. The fraction of sp³-hybridized carbons (Fsp3) is 0.306. The number of likely N-dealkylation sites (tertiary alicyclic amines) is 1. The van der Waals surface area contributed by atoms with Gasteiger partial charge in [0.05, 0.1) is 5.69 Å². The van der Waals surface area contributed by atoms with Gasteiger partial charge in [-0.15, -0.1) is 0 Å². The number of benzene rings is 3. The van der Waals surface area contributed by atoms with Crippen molar-refractivity contribution in [3.05, 3.63) is 95.1 Å². The van der Waals surface area contributed by atoms with Gasteiger partial charge in [0.2, 0.25) is 5.95 Å². The monoisotopic (exact) mass is 583 g/mol. The van der Waals surface area contributed by atoms with Crippen LogP contribution in [0.1, 0.15) is 47.4 Å². The van der Waals surface area contributed by atoms with E-state index >= 15 is 0 Å². The number of piperidine rings is 1. The lowest BCUT2D eigenvalue weighted by atomic mass is 9.88. The number of hydrogen-bond donors (Lipinski definition) is 3. The second-order valence-electron chi connectivity index (χ2n) is 13.0. The van der Waals surface area contributed by atoms with Crippen LogP contribution in [0.2, 0.25) is 0 Å². The number of nitrogens with two attached hydrogens (primary N) is 1. The van der Waals surface area contributed by atoms with Gasteiger partial charge in [-0.05, 0) is 97.6 Å². The van der Waals surface area contributed by atoms with Crippen molar-refractivity contribution in [3.8, 4) is 22.5 Å². The largest absolute Gasteiger partial charge is 0.368 e. The molecule has 8 nitrogen and oxygen atoms in total. The minimum absolute atomic E-state index is 0.117. The van der Waals surface area contributed by atoms with E-state index in [1.165, 1.54) is 49.0 Å². The lowest BCUT2D eigenvalue weighted by Gasteiger charge is -2.30. The lowest BCUT2D eigenvalue weighted by molar-refractivity contribution is 0.201. The highest BCUT2D eigenvalue weighted by Crippen LogP contribution is 2.64. The van der Waals surface area contributed by atoms with Gasteiger partial charge in [-0.25, -0.2) is 9.78 Å². The molecule has 44 heavy (non-hydrogen) atoms. The van der Waals surface area contributed by atoms with Gasteiger partial charge in [0.1, 0.15) is 5.65 Å². The standard InChI is InChI=1S/C36H37N7O/c1-22-27(8-5-9-30(22)39-35(44)43-20-25-6-3-4-7-26(25)21-43)32-28-18-31(38-33(28)41-34(37)40-32)24-12-10-23(11-13-24)29-19-36(29)14-16-42(2)17-15-36/h3-13,18,29H,14-17,19-21H2,1-2H3,(H,39,44)(H3,37,38,40,41). The molecule has 1 saturated heterocycles. The predicted octanol–water partition coefficient (Wildman–Crippen LogP) is 6.93. The van der Waals surface area contributed by atoms with Crippen LogP contribution in [0.5, 0.6) is 0 Å². The maximum atomic E-state index is 13.2. The van der Waals surface area contributed by atoms with E-state index in [1.807, 2.05) is 42.2 Å². The van der Waals surface area contributed by atoms with Crippen molar-refractivity contribution in [1.29, 1.82) is 0 Å². The van der Waals surface area contributed by atoms with Crippen LogP contribution in [0, 0.1) is 12.3 Å². The summed E-state index contributed by atoms with van der Waals surface area (Å²) in [4.78, 5) is 30.2. The van der Waals surface area contributed by atoms with Crippen LogP contribution in [-0.4, -0.2) is 50.9 Å². The number of hydrogen-bond acceptors (Lipinski definition) is 5. The first-order chi connectivity index (χ1) is 21.4. The molecule has 0 radical (unpaired) electrons. The van der Waals surface area contributed by atoms with Gasteiger partial charge in [-0.2, -0.15) is 4.98 Å². The topological polar surface area (TPSA) is 103 Å². The maximum Gasteiger partial charge on any atom is 0.322 e. The summed E-state index contributed by atoms with van der Waals surface area (Å²) >= 11 is 0. The number of nitrogen functional groups attached to an aromatic ring is 1. The van der Waals surface area contributed by atoms with Crippen molar-refractivity contribution in [3.63, 3.8) is 0 Å². The number of rotatable bonds is 4. The summed E-state index contributed by atoms with van der Waals surface area (Å²) in [6.07, 6.45) is 3.92. The van der Waals surface area contributed by atoms with Crippen molar-refractivity contribution in [2.45, 2.75) is 45.2 Å². The number of carbonyl (C=O) groups is 1. The molecule has 2 aliphatic heterocycles. The van der Waals surface area contributed by atoms with Crippen molar-refractivity contribution in [2.24, 2.45) is 5.41 Å². The Morgan fingerprint density at radius 3 is 2.43 bits per heavy atom. The minimum Gasteiger partial charge on any atom is -0.368 e. The molecule has 2 aromatic heterocycles. The maximum absolute atomic E-state index is 13.2. The first-order valence-electron chi connectivity index (χ1n) is 15.5. The Kier molecular flexibility index (Phi) is 6.24. The van der Waals surface area contributed by atoms with E-state index in [9.17, 15) is 4.79 Å². The molecule has 0 bridgehead atoms. The Hall–Kier alpha value is -4.69. The van der Waals surface area contributed by atoms with Gasteiger partial charge < -0.3 is 25.8 Å². The molecule has 1 spiro atoms. The molecule has 1 saturated carbocycles. The van der Waals surface area contributed by atoms with Crippen LogP contribution >= 0.6 is 0 Å². The second kappa shape index (κ2) is 10.2. The molecule has 3 aliphatic rings. The molecule has 222 valence electrons. The van der Waals surface area contributed by atoms with Crippen LogP contribution in [0.4, 0.5) is 16.4 Å². The van der Waals surface area contributed by atoms with Crippen LogP contribution in [-0.2, 0) is 13.1 Å². The number of aromatic amines is 1. The summed E-state index contributed by atoms with van der Waals surface area (Å²) in [6.45, 7) is 5.64. The third-order valence-corrected chi connectivity index (χ3v) is 10.3. The van der Waals surface area contributed by atoms with Gasteiger partial charge in [0.15, 0.2) is 0 Å². The highest BCUT2D eigenvalue weighted by atomic mass is 16.2. The molecular weight excluding hydrogens is 546 g/mol. The summed E-state index contributed by atoms with van der Waals surface area (Å²) in [5, 5.41) is 4.03. The van der Waals surface area contributed by atoms with Crippen molar-refractivity contribution in [1.82, 2.24) is 24.8 Å². The molecule has 1 unspecified atom stereocenters. The van der Waals surface area contributed by atoms with Crippen molar-refractivity contribution < 1.29 is 4.79 Å². The molecule has 8 rings (SSSR count). The van der Waals surface area contributed by atoms with E-state index in [0.717, 1.165) is 39.2 Å². The van der Waals surface area contributed by atoms with Gasteiger partial charge >= 0.3 is 6.03 Å². The van der Waals surface area contributed by atoms with Crippen LogP contribution in [0.3, 0.4) is 0 Å². The Morgan fingerprint density at radius 1 is 0.977 bits per heavy atom. The molecule has 5 aromatic rings. The van der Waals surface area contributed by atoms with Crippen molar-refractivity contribution in [2.75, 3.05) is 31.2 Å². The van der Waals surface area contributed by atoms with E-state index in [4.69, 9.17) is 5.73 Å². The van der Waals surface area contributed by atoms with Gasteiger partial charge in [0, 0.05) is 35.4 Å². The molecular formula is C36H37N7O. The van der Waals surface area contributed by atoms with Crippen LogP contribution in [0.25, 0.3) is 33.5 Å². The van der Waals surface area contributed by atoms with E-state index in [1.54, 1.807) is 0 Å². The zero-order chi connectivity index (χ0) is 30.0. The van der Waals surface area contributed by atoms with Gasteiger partial charge in [-0.3, -0.25) is 0 Å². The fourth-order valence-electron chi connectivity index (χ4n) is 7.42. The predicted molar refractivity (Wildman–Crippen MR) is 175 cm³/mol. The zero-order valence-corrected chi connectivity index (χ0v) is 25.2. The number of carbonyl (C=O) groups excluding carboxylic acids is 1. The quantitative estimate of drug-likeness (QED) is 0.213. The number of nitrogens with one attached hydrogen (secondary N) is 2. The third kappa shape index (κ3) is 4.61. The van der Waals surface area contributed by atoms with Gasteiger partial charge in [-0.1, -0.05) is 60.7 Å². The number of aromatic nitrogens is 3. The summed E-state index contributed by atoms with van der Waals surface area (Å²) in [6, 6.07) is 25.1. The van der Waals surface area contributed by atoms with Gasteiger partial charge in [0.25, 0.3) is 0 Å². The molecule has 4 heterocycles. The SMILES string of the molecule is Cc1c(NC(=O)N2Cc3ccccc3C2)cccc1-c1nc(N)nc2[nH]c(-c3ccc(C4CC45CCN(C)CC5)cc3)cc12. The van der Waals surface area contributed by atoms with Crippen molar-refractivity contribution >= 4 is 28.7 Å². The van der Waals surface area contributed by atoms with Crippen LogP contribution < -0.4 is 11.1 Å². The van der Waals surface area contributed by atoms with E-state index in [0.29, 0.717) is 30.1 Å². The molecule has 3 aromatic carbocycles. The smallest absolute Gasteiger partial charge is 0.322 e. The second-order valence-corrected chi connectivity index (χ2v) is 13.0. The average molecular weight is 584 g/mol. The number of urea groups is 1. The zero-order valence-electron chi connectivity index (χ0n) is 25.2. The lowest BCUT2D eigenvalue weighted by Crippen LogP contribution is -2.31. The third-order valence-electron chi connectivity index (χ3n) is 10.3. The van der Waals surface area contributed by atoms with E-state index in [2.05, 4.69) is 74.7 Å². The summed E-state index contributed by atoms with van der Waals surface area (Å²) in [5.41, 5.74) is 16.7. The molecule has 2 fully saturated rings. The summed E-state index contributed by atoms with van der Waals surface area (Å²) < 4.78 is 0. The Labute approximate surface area is 257 Å². The van der Waals surface area contributed by atoms with E-state index in [-0.39, 0.29) is 12.0 Å². The Bertz CT molecular complexity index is 1880. The molecule has 1 aliphatic carbocycles. The molecule has 1 atom stereocenters. The first-order valence-corrected chi connectivity index (χ1v) is 15.5. The summed E-state index contributed by atoms with van der Waals surface area (Å²) in [7, 11) is 2.23. The van der Waals surface area contributed by atoms with E-state index < -0.39 is 0 Å². The molecule has 2 amide bonds. The number of amides is 2. The Morgan fingerprint density at radius 2 is 1.70 bits per heavy atom. The minimum atomic E-state index is -0.117. The average Bonchev–Trinajstić information content (AvgIpc) is 3.33. The number of H-pyrrole nitrogens is 1. The fourth-order valence-corrected chi connectivity index (χ4v) is 7.42. The highest BCUT2D eigenvalue weighted by molar-refractivity contribution is 5.98. The molecule has 4 N–H and O–H groups in total. The number of anilines is 2. The number of fused-ring (bicyclic) bond motifs is 2. The normalized spacial score (nSPS) is 19.0. The Balaban J connectivity index is 1.06.